The van der Waals surface area contributed by atoms with Crippen molar-refractivity contribution < 1.29 is 4.79 Å². The molecule has 1 aromatic heterocycles. The van der Waals surface area contributed by atoms with Crippen molar-refractivity contribution in [2.45, 2.75) is 39.4 Å². The Labute approximate surface area is 117 Å². The predicted molar refractivity (Wildman–Crippen MR) is 79.2 cm³/mol. The lowest BCUT2D eigenvalue weighted by atomic mass is 10.3. The highest BCUT2D eigenvalue weighted by atomic mass is 32.1. The number of aromatic nitrogens is 1. The predicted octanol–water partition coefficient (Wildman–Crippen LogP) is 2.30. The van der Waals surface area contributed by atoms with E-state index in [-0.39, 0.29) is 18.0 Å². The first-order chi connectivity index (χ1) is 9.06. The van der Waals surface area contributed by atoms with Gasteiger partial charge in [-0.1, -0.05) is 12.1 Å². The van der Waals surface area contributed by atoms with E-state index in [1.165, 1.54) is 4.70 Å². The summed E-state index contributed by atoms with van der Waals surface area (Å²) < 4.78 is 1.18. The minimum absolute atomic E-state index is 0.0242. The number of carbonyl (C=O) groups excluding carboxylic acids is 1. The Balaban J connectivity index is 1.93. The molecule has 4 nitrogen and oxygen atoms in total. The largest absolute Gasteiger partial charge is 0.353 e. The van der Waals surface area contributed by atoms with Crippen LogP contribution in [0.1, 0.15) is 25.8 Å². The zero-order chi connectivity index (χ0) is 13.8. The first-order valence-corrected chi connectivity index (χ1v) is 7.26. The summed E-state index contributed by atoms with van der Waals surface area (Å²) in [5, 5.41) is 7.09. The van der Waals surface area contributed by atoms with Crippen LogP contribution in [0.2, 0.25) is 0 Å². The lowest BCUT2D eigenvalue weighted by molar-refractivity contribution is -0.123. The van der Waals surface area contributed by atoms with E-state index >= 15 is 0 Å². The average molecular weight is 277 g/mol. The van der Waals surface area contributed by atoms with Gasteiger partial charge >= 0.3 is 0 Å². The smallest absolute Gasteiger partial charge is 0.237 e. The summed E-state index contributed by atoms with van der Waals surface area (Å²) >= 11 is 1.66. The van der Waals surface area contributed by atoms with Crippen molar-refractivity contribution >= 4 is 27.5 Å². The quantitative estimate of drug-likeness (QED) is 0.881. The van der Waals surface area contributed by atoms with E-state index in [4.69, 9.17) is 0 Å². The Bertz CT molecular complexity index is 532. The van der Waals surface area contributed by atoms with Gasteiger partial charge in [0.1, 0.15) is 5.01 Å². The van der Waals surface area contributed by atoms with Gasteiger partial charge in [0.25, 0.3) is 0 Å². The van der Waals surface area contributed by atoms with E-state index in [0.717, 1.165) is 10.5 Å². The number of rotatable bonds is 5. The summed E-state index contributed by atoms with van der Waals surface area (Å²) in [5.74, 6) is 0.0242. The van der Waals surface area contributed by atoms with Crippen LogP contribution in [0.15, 0.2) is 24.3 Å². The third-order valence-corrected chi connectivity index (χ3v) is 3.76. The van der Waals surface area contributed by atoms with Crippen LogP contribution in [-0.2, 0) is 11.3 Å². The topological polar surface area (TPSA) is 54.0 Å². The zero-order valence-corrected chi connectivity index (χ0v) is 12.3. The number of nitrogens with zero attached hydrogens (tertiary/aromatic N) is 1. The third kappa shape index (κ3) is 3.75. The first-order valence-electron chi connectivity index (χ1n) is 6.44. The number of thiazole rings is 1. The van der Waals surface area contributed by atoms with Crippen LogP contribution in [-0.4, -0.2) is 23.0 Å². The molecule has 1 atom stereocenters. The Kier molecular flexibility index (Phi) is 4.50. The number of carbonyl (C=O) groups is 1. The van der Waals surface area contributed by atoms with Crippen molar-refractivity contribution in [2.24, 2.45) is 0 Å². The highest BCUT2D eigenvalue weighted by Gasteiger charge is 2.13. The van der Waals surface area contributed by atoms with E-state index in [1.54, 1.807) is 11.3 Å². The van der Waals surface area contributed by atoms with Crippen molar-refractivity contribution in [2.75, 3.05) is 0 Å². The molecule has 19 heavy (non-hydrogen) atoms. The number of benzene rings is 1. The molecular formula is C14H19N3OS. The van der Waals surface area contributed by atoms with Gasteiger partial charge in [0.15, 0.2) is 0 Å². The van der Waals surface area contributed by atoms with Crippen LogP contribution >= 0.6 is 11.3 Å². The molecule has 1 heterocycles. The van der Waals surface area contributed by atoms with Crippen LogP contribution in [0, 0.1) is 0 Å². The Morgan fingerprint density at radius 2 is 2.05 bits per heavy atom. The fourth-order valence-electron chi connectivity index (χ4n) is 1.74. The molecule has 0 radical (unpaired) electrons. The Morgan fingerprint density at radius 1 is 1.32 bits per heavy atom. The van der Waals surface area contributed by atoms with Crippen LogP contribution in [0.3, 0.4) is 0 Å². The van der Waals surface area contributed by atoms with Crippen molar-refractivity contribution in [3.05, 3.63) is 29.3 Å². The van der Waals surface area contributed by atoms with Gasteiger partial charge in [-0.15, -0.1) is 11.3 Å². The third-order valence-electron chi connectivity index (χ3n) is 2.72. The molecule has 0 aliphatic heterocycles. The second kappa shape index (κ2) is 6.12. The monoisotopic (exact) mass is 277 g/mol. The van der Waals surface area contributed by atoms with Gasteiger partial charge in [-0.25, -0.2) is 4.98 Å². The summed E-state index contributed by atoms with van der Waals surface area (Å²) in [5.41, 5.74) is 1.02. The zero-order valence-electron chi connectivity index (χ0n) is 11.4. The van der Waals surface area contributed by atoms with E-state index < -0.39 is 0 Å². The number of para-hydroxylation sites is 1. The lowest BCUT2D eigenvalue weighted by Crippen LogP contribution is -2.44. The number of fused-ring (bicyclic) bond motifs is 1. The normalized spacial score (nSPS) is 12.8. The second-order valence-electron chi connectivity index (χ2n) is 4.84. The van der Waals surface area contributed by atoms with Crippen LogP contribution in [0.5, 0.6) is 0 Å². The molecule has 2 rings (SSSR count). The maximum Gasteiger partial charge on any atom is 0.237 e. The van der Waals surface area contributed by atoms with Gasteiger partial charge < -0.3 is 5.32 Å². The van der Waals surface area contributed by atoms with Gasteiger partial charge in [0, 0.05) is 12.6 Å². The van der Waals surface area contributed by atoms with E-state index in [0.29, 0.717) is 6.54 Å². The summed E-state index contributed by atoms with van der Waals surface area (Å²) in [4.78, 5) is 16.3. The minimum Gasteiger partial charge on any atom is -0.353 e. The molecule has 0 aliphatic rings. The van der Waals surface area contributed by atoms with Crippen LogP contribution < -0.4 is 10.6 Å². The molecule has 0 saturated carbocycles. The summed E-state index contributed by atoms with van der Waals surface area (Å²) in [6, 6.07) is 8.01. The van der Waals surface area contributed by atoms with E-state index in [2.05, 4.69) is 21.7 Å². The number of amides is 1. The maximum absolute atomic E-state index is 11.8. The highest BCUT2D eigenvalue weighted by molar-refractivity contribution is 7.18. The number of nitrogens with one attached hydrogen (secondary N) is 2. The molecule has 0 spiro atoms. The van der Waals surface area contributed by atoms with E-state index in [1.807, 2.05) is 39.0 Å². The summed E-state index contributed by atoms with van der Waals surface area (Å²) in [6.07, 6.45) is 0. The Hall–Kier alpha value is -1.46. The highest BCUT2D eigenvalue weighted by Crippen LogP contribution is 2.21. The van der Waals surface area contributed by atoms with Crippen LogP contribution in [0.4, 0.5) is 0 Å². The SMILES string of the molecule is CC(C)NC(=O)C(C)NCc1nc2ccccc2s1. The van der Waals surface area contributed by atoms with Gasteiger partial charge in [-0.3, -0.25) is 10.1 Å². The Morgan fingerprint density at radius 3 is 2.74 bits per heavy atom. The lowest BCUT2D eigenvalue weighted by Gasteiger charge is -2.15. The van der Waals surface area contributed by atoms with Gasteiger partial charge in [0.2, 0.25) is 5.91 Å². The molecule has 5 heteroatoms. The summed E-state index contributed by atoms with van der Waals surface area (Å²) in [6.45, 7) is 6.40. The molecule has 1 unspecified atom stereocenters. The second-order valence-corrected chi connectivity index (χ2v) is 5.96. The van der Waals surface area contributed by atoms with Crippen molar-refractivity contribution in [1.82, 2.24) is 15.6 Å². The number of hydrogen-bond donors (Lipinski definition) is 2. The molecule has 2 aromatic rings. The fraction of sp³-hybridized carbons (Fsp3) is 0.429. The van der Waals surface area contributed by atoms with Crippen molar-refractivity contribution in [3.8, 4) is 0 Å². The molecule has 0 bridgehead atoms. The molecular weight excluding hydrogens is 258 g/mol. The number of hydrogen-bond acceptors (Lipinski definition) is 4. The minimum atomic E-state index is -0.214. The maximum atomic E-state index is 11.8. The molecule has 0 saturated heterocycles. The van der Waals surface area contributed by atoms with Crippen LogP contribution in [0.25, 0.3) is 10.2 Å². The van der Waals surface area contributed by atoms with Gasteiger partial charge in [-0.2, -0.15) is 0 Å². The van der Waals surface area contributed by atoms with Crippen molar-refractivity contribution in [3.63, 3.8) is 0 Å². The standard InChI is InChI=1S/C14H19N3OS/c1-9(2)16-14(18)10(3)15-8-13-17-11-6-4-5-7-12(11)19-13/h4-7,9-10,15H,8H2,1-3H3,(H,16,18). The molecule has 0 aliphatic carbocycles. The van der Waals surface area contributed by atoms with Gasteiger partial charge in [0.05, 0.1) is 16.3 Å². The summed E-state index contributed by atoms with van der Waals surface area (Å²) in [7, 11) is 0. The molecule has 102 valence electrons. The average Bonchev–Trinajstić information content (AvgIpc) is 2.77. The van der Waals surface area contributed by atoms with E-state index in [9.17, 15) is 4.79 Å². The molecule has 1 aromatic carbocycles. The fourth-order valence-corrected chi connectivity index (χ4v) is 2.66. The molecule has 0 fully saturated rings. The first kappa shape index (κ1) is 14.0. The molecule has 2 N–H and O–H groups in total. The van der Waals surface area contributed by atoms with Gasteiger partial charge in [-0.05, 0) is 32.9 Å². The molecule has 1 amide bonds. The van der Waals surface area contributed by atoms with Crippen molar-refractivity contribution in [1.29, 1.82) is 0 Å².